The molecule has 1 fully saturated rings. The van der Waals surface area contributed by atoms with Crippen molar-refractivity contribution in [3.8, 4) is 0 Å². The van der Waals surface area contributed by atoms with Gasteiger partial charge >= 0.3 is 0 Å². The van der Waals surface area contributed by atoms with Crippen LogP contribution in [0, 0.1) is 5.92 Å². The van der Waals surface area contributed by atoms with Crippen molar-refractivity contribution in [2.45, 2.75) is 18.2 Å². The molecule has 1 aromatic rings. The van der Waals surface area contributed by atoms with E-state index in [0.717, 1.165) is 30.5 Å². The lowest BCUT2D eigenvalue weighted by Crippen LogP contribution is -2.19. The van der Waals surface area contributed by atoms with Crippen LogP contribution in [0.1, 0.15) is 23.8 Å². The molecule has 15 heavy (non-hydrogen) atoms. The molecule has 0 radical (unpaired) electrons. The first kappa shape index (κ1) is 11.4. The van der Waals surface area contributed by atoms with E-state index in [0.29, 0.717) is 5.92 Å². The summed E-state index contributed by atoms with van der Waals surface area (Å²) in [4.78, 5) is 0. The van der Waals surface area contributed by atoms with E-state index >= 15 is 0 Å². The van der Waals surface area contributed by atoms with E-state index in [2.05, 4.69) is 28.1 Å². The van der Waals surface area contributed by atoms with Gasteiger partial charge in [0.1, 0.15) is 0 Å². The quantitative estimate of drug-likeness (QED) is 0.743. The second-order valence-electron chi connectivity index (χ2n) is 3.90. The maximum atomic E-state index is 6.47. The highest BCUT2D eigenvalue weighted by Crippen LogP contribution is 2.35. The zero-order valence-electron chi connectivity index (χ0n) is 8.46. The molecule has 0 aliphatic carbocycles. The Morgan fingerprint density at radius 2 is 1.80 bits per heavy atom. The summed E-state index contributed by atoms with van der Waals surface area (Å²) in [7, 11) is 0. The second kappa shape index (κ2) is 5.33. The lowest BCUT2D eigenvalue weighted by atomic mass is 9.92. The van der Waals surface area contributed by atoms with Crippen LogP contribution in [0.15, 0.2) is 28.7 Å². The Hall–Kier alpha value is -0.0500. The maximum absolute atomic E-state index is 6.47. The Morgan fingerprint density at radius 1 is 1.20 bits per heavy atom. The van der Waals surface area contributed by atoms with Gasteiger partial charge in [-0.05, 0) is 36.5 Å². The molecular weight excluding hydrogens is 275 g/mol. The first-order valence-electron chi connectivity index (χ1n) is 5.24. The van der Waals surface area contributed by atoms with Gasteiger partial charge in [0.2, 0.25) is 0 Å². The molecule has 3 heteroatoms. The van der Waals surface area contributed by atoms with Crippen LogP contribution in [-0.2, 0) is 4.74 Å². The molecule has 0 amide bonds. The van der Waals surface area contributed by atoms with Crippen LogP contribution in [0.4, 0.5) is 0 Å². The first-order valence-corrected chi connectivity index (χ1v) is 6.47. The van der Waals surface area contributed by atoms with Crippen LogP contribution < -0.4 is 0 Å². The standard InChI is InChI=1S/C12H14BrClO/c13-11-3-1-9(2-4-11)12(14)10-5-7-15-8-6-10/h1-4,10,12H,5-8H2. The fourth-order valence-corrected chi connectivity index (χ4v) is 2.59. The van der Waals surface area contributed by atoms with Crippen molar-refractivity contribution in [1.29, 1.82) is 0 Å². The molecule has 0 saturated carbocycles. The Kier molecular flexibility index (Phi) is 4.06. The van der Waals surface area contributed by atoms with Crippen LogP contribution in [-0.4, -0.2) is 13.2 Å². The Balaban J connectivity index is 2.05. The molecule has 1 aromatic carbocycles. The summed E-state index contributed by atoms with van der Waals surface area (Å²) in [6, 6.07) is 8.28. The average molecular weight is 290 g/mol. The number of benzene rings is 1. The lowest BCUT2D eigenvalue weighted by Gasteiger charge is -2.26. The lowest BCUT2D eigenvalue weighted by molar-refractivity contribution is 0.0651. The molecule has 1 aliphatic heterocycles. The average Bonchev–Trinajstić information content (AvgIpc) is 2.30. The summed E-state index contributed by atoms with van der Waals surface area (Å²) < 4.78 is 6.44. The zero-order valence-corrected chi connectivity index (χ0v) is 10.8. The molecule has 0 spiro atoms. The number of ether oxygens (including phenoxy) is 1. The minimum Gasteiger partial charge on any atom is -0.381 e. The predicted molar refractivity (Wildman–Crippen MR) is 66.3 cm³/mol. The summed E-state index contributed by atoms with van der Waals surface area (Å²) in [6.45, 7) is 1.70. The summed E-state index contributed by atoms with van der Waals surface area (Å²) in [5.74, 6) is 0.557. The molecule has 2 rings (SSSR count). The molecule has 1 heterocycles. The zero-order chi connectivity index (χ0) is 10.7. The highest BCUT2D eigenvalue weighted by atomic mass is 79.9. The van der Waals surface area contributed by atoms with Crippen molar-refractivity contribution in [1.82, 2.24) is 0 Å². The van der Waals surface area contributed by atoms with Crippen molar-refractivity contribution in [2.24, 2.45) is 5.92 Å². The number of rotatable bonds is 2. The van der Waals surface area contributed by atoms with Crippen molar-refractivity contribution >= 4 is 27.5 Å². The van der Waals surface area contributed by atoms with Crippen LogP contribution in [0.2, 0.25) is 0 Å². The predicted octanol–water partition coefficient (Wildman–Crippen LogP) is 4.16. The molecule has 1 saturated heterocycles. The van der Waals surface area contributed by atoms with Crippen LogP contribution in [0.3, 0.4) is 0 Å². The van der Waals surface area contributed by atoms with Crippen LogP contribution >= 0.6 is 27.5 Å². The number of hydrogen-bond acceptors (Lipinski definition) is 1. The highest BCUT2D eigenvalue weighted by molar-refractivity contribution is 9.10. The molecule has 1 unspecified atom stereocenters. The van der Waals surface area contributed by atoms with Gasteiger partial charge < -0.3 is 4.74 Å². The fourth-order valence-electron chi connectivity index (χ4n) is 1.93. The SMILES string of the molecule is ClC(c1ccc(Br)cc1)C1CCOCC1. The van der Waals surface area contributed by atoms with Crippen molar-refractivity contribution in [2.75, 3.05) is 13.2 Å². The topological polar surface area (TPSA) is 9.23 Å². The van der Waals surface area contributed by atoms with Gasteiger partial charge in [-0.3, -0.25) is 0 Å². The molecule has 82 valence electrons. The molecule has 1 aliphatic rings. The smallest absolute Gasteiger partial charge is 0.0615 e. The normalized spacial score (nSPS) is 20.1. The minimum atomic E-state index is 0.127. The molecule has 1 atom stereocenters. The van der Waals surface area contributed by atoms with Gasteiger partial charge in [0.05, 0.1) is 5.38 Å². The van der Waals surface area contributed by atoms with Gasteiger partial charge in [-0.1, -0.05) is 28.1 Å². The highest BCUT2D eigenvalue weighted by Gasteiger charge is 2.23. The third-order valence-electron chi connectivity index (χ3n) is 2.87. The van der Waals surface area contributed by atoms with E-state index in [1.807, 2.05) is 12.1 Å². The third-order valence-corrected chi connectivity index (χ3v) is 4.01. The van der Waals surface area contributed by atoms with E-state index in [9.17, 15) is 0 Å². The number of halogens is 2. The summed E-state index contributed by atoms with van der Waals surface area (Å²) in [5.41, 5.74) is 1.21. The monoisotopic (exact) mass is 288 g/mol. The van der Waals surface area contributed by atoms with Gasteiger partial charge in [-0.15, -0.1) is 11.6 Å². The molecule has 0 bridgehead atoms. The van der Waals surface area contributed by atoms with Gasteiger partial charge in [-0.2, -0.15) is 0 Å². The fraction of sp³-hybridized carbons (Fsp3) is 0.500. The van der Waals surface area contributed by atoms with Gasteiger partial charge in [-0.25, -0.2) is 0 Å². The molecule has 0 N–H and O–H groups in total. The maximum Gasteiger partial charge on any atom is 0.0615 e. The molecule has 0 aromatic heterocycles. The van der Waals surface area contributed by atoms with Gasteiger partial charge in [0.15, 0.2) is 0 Å². The number of alkyl halides is 1. The first-order chi connectivity index (χ1) is 7.27. The molecule has 1 nitrogen and oxygen atoms in total. The Morgan fingerprint density at radius 3 is 2.40 bits per heavy atom. The second-order valence-corrected chi connectivity index (χ2v) is 5.29. The Bertz CT molecular complexity index is 306. The largest absolute Gasteiger partial charge is 0.381 e. The van der Waals surface area contributed by atoms with Gasteiger partial charge in [0.25, 0.3) is 0 Å². The third kappa shape index (κ3) is 2.96. The summed E-state index contributed by atoms with van der Waals surface area (Å²) in [5, 5.41) is 0.127. The summed E-state index contributed by atoms with van der Waals surface area (Å²) >= 11 is 9.89. The van der Waals surface area contributed by atoms with E-state index in [4.69, 9.17) is 16.3 Å². The Labute approximate surface area is 104 Å². The molecular formula is C12H14BrClO. The van der Waals surface area contributed by atoms with E-state index < -0.39 is 0 Å². The van der Waals surface area contributed by atoms with E-state index in [-0.39, 0.29) is 5.38 Å². The van der Waals surface area contributed by atoms with Crippen molar-refractivity contribution in [3.05, 3.63) is 34.3 Å². The van der Waals surface area contributed by atoms with Gasteiger partial charge in [0, 0.05) is 17.7 Å². The van der Waals surface area contributed by atoms with Crippen molar-refractivity contribution in [3.63, 3.8) is 0 Å². The van der Waals surface area contributed by atoms with Crippen LogP contribution in [0.5, 0.6) is 0 Å². The van der Waals surface area contributed by atoms with E-state index in [1.54, 1.807) is 0 Å². The number of hydrogen-bond donors (Lipinski definition) is 0. The summed E-state index contributed by atoms with van der Waals surface area (Å²) in [6.07, 6.45) is 2.15. The minimum absolute atomic E-state index is 0.127. The van der Waals surface area contributed by atoms with Crippen LogP contribution in [0.25, 0.3) is 0 Å². The van der Waals surface area contributed by atoms with Crippen molar-refractivity contribution < 1.29 is 4.74 Å². The van der Waals surface area contributed by atoms with E-state index in [1.165, 1.54) is 5.56 Å².